The molecule has 0 aliphatic rings. The van der Waals surface area contributed by atoms with Crippen LogP contribution in [-0.2, 0) is 16.3 Å². The van der Waals surface area contributed by atoms with Gasteiger partial charge in [-0.1, -0.05) is 38.2 Å². The molecule has 1 atom stereocenters. The van der Waals surface area contributed by atoms with Gasteiger partial charge in [-0.3, -0.25) is 0 Å². The van der Waals surface area contributed by atoms with E-state index in [0.717, 1.165) is 12.0 Å². The van der Waals surface area contributed by atoms with Gasteiger partial charge in [-0.05, 0) is 30.0 Å². The van der Waals surface area contributed by atoms with E-state index in [0.29, 0.717) is 22.2 Å². The van der Waals surface area contributed by atoms with E-state index in [1.807, 2.05) is 12.1 Å². The van der Waals surface area contributed by atoms with Crippen LogP contribution in [0.1, 0.15) is 25.8 Å². The zero-order valence-corrected chi connectivity index (χ0v) is 12.4. The smallest absolute Gasteiger partial charge is 0.178 e. The first-order valence-electron chi connectivity index (χ1n) is 5.95. The fourth-order valence-corrected chi connectivity index (χ4v) is 2.99. The molecule has 0 aliphatic carbocycles. The van der Waals surface area contributed by atoms with Crippen LogP contribution in [0, 0.1) is 5.92 Å². The number of hydrogen-bond acceptors (Lipinski definition) is 3. The SMILES string of the molecule is CCS(=O)(=O)c1ccc(CC(C)CC(N)=S)cc1. The van der Waals surface area contributed by atoms with Gasteiger partial charge in [0, 0.05) is 6.42 Å². The van der Waals surface area contributed by atoms with Crippen LogP contribution in [0.4, 0.5) is 0 Å². The van der Waals surface area contributed by atoms with Crippen molar-refractivity contribution >= 4 is 27.0 Å². The minimum absolute atomic E-state index is 0.129. The molecule has 0 aromatic heterocycles. The molecule has 5 heteroatoms. The molecule has 0 aliphatic heterocycles. The molecule has 0 heterocycles. The van der Waals surface area contributed by atoms with Crippen molar-refractivity contribution in [2.24, 2.45) is 11.7 Å². The third kappa shape index (κ3) is 4.38. The van der Waals surface area contributed by atoms with Gasteiger partial charge in [0.15, 0.2) is 9.84 Å². The molecule has 1 aromatic carbocycles. The Morgan fingerprint density at radius 2 is 1.89 bits per heavy atom. The Labute approximate surface area is 114 Å². The van der Waals surface area contributed by atoms with Gasteiger partial charge in [-0.15, -0.1) is 0 Å². The molecule has 0 spiro atoms. The molecule has 2 N–H and O–H groups in total. The summed E-state index contributed by atoms with van der Waals surface area (Å²) < 4.78 is 23.3. The molecule has 18 heavy (non-hydrogen) atoms. The molecule has 0 saturated heterocycles. The Balaban J connectivity index is 2.75. The topological polar surface area (TPSA) is 60.2 Å². The third-order valence-electron chi connectivity index (χ3n) is 2.80. The molecule has 3 nitrogen and oxygen atoms in total. The third-order valence-corrected chi connectivity index (χ3v) is 4.71. The monoisotopic (exact) mass is 285 g/mol. The highest BCUT2D eigenvalue weighted by Crippen LogP contribution is 2.16. The minimum atomic E-state index is -3.10. The maximum Gasteiger partial charge on any atom is 0.178 e. The number of benzene rings is 1. The van der Waals surface area contributed by atoms with E-state index >= 15 is 0 Å². The first kappa shape index (κ1) is 15.1. The summed E-state index contributed by atoms with van der Waals surface area (Å²) in [6, 6.07) is 7.06. The minimum Gasteiger partial charge on any atom is -0.393 e. The summed E-state index contributed by atoms with van der Waals surface area (Å²) in [6.07, 6.45) is 1.56. The van der Waals surface area contributed by atoms with Gasteiger partial charge in [-0.2, -0.15) is 0 Å². The lowest BCUT2D eigenvalue weighted by Crippen LogP contribution is -2.14. The highest BCUT2D eigenvalue weighted by Gasteiger charge is 2.11. The van der Waals surface area contributed by atoms with Gasteiger partial charge in [0.2, 0.25) is 0 Å². The average Bonchev–Trinajstić information content (AvgIpc) is 2.28. The summed E-state index contributed by atoms with van der Waals surface area (Å²) in [5.74, 6) is 0.501. The van der Waals surface area contributed by atoms with E-state index in [4.69, 9.17) is 18.0 Å². The molecule has 0 fully saturated rings. The lowest BCUT2D eigenvalue weighted by molar-refractivity contribution is 0.596. The van der Waals surface area contributed by atoms with Gasteiger partial charge >= 0.3 is 0 Å². The Kier molecular flexibility index (Phi) is 5.28. The number of hydrogen-bond donors (Lipinski definition) is 1. The van der Waals surface area contributed by atoms with Crippen LogP contribution in [0.2, 0.25) is 0 Å². The largest absolute Gasteiger partial charge is 0.393 e. The quantitative estimate of drug-likeness (QED) is 0.815. The van der Waals surface area contributed by atoms with Crippen LogP contribution in [-0.4, -0.2) is 19.2 Å². The van der Waals surface area contributed by atoms with Gasteiger partial charge in [-0.25, -0.2) is 8.42 Å². The molecule has 1 rings (SSSR count). The highest BCUT2D eigenvalue weighted by molar-refractivity contribution is 7.91. The van der Waals surface area contributed by atoms with Gasteiger partial charge in [0.05, 0.1) is 15.6 Å². The van der Waals surface area contributed by atoms with Crippen molar-refractivity contribution in [2.45, 2.75) is 31.6 Å². The second kappa shape index (κ2) is 6.29. The van der Waals surface area contributed by atoms with E-state index in [1.165, 1.54) is 0 Å². The number of nitrogens with two attached hydrogens (primary N) is 1. The molecule has 0 amide bonds. The maximum atomic E-state index is 11.6. The first-order chi connectivity index (χ1) is 8.35. The van der Waals surface area contributed by atoms with Gasteiger partial charge in [0.25, 0.3) is 0 Å². The molecular formula is C13H19NO2S2. The van der Waals surface area contributed by atoms with Crippen LogP contribution in [0.3, 0.4) is 0 Å². The summed E-state index contributed by atoms with van der Waals surface area (Å²) in [4.78, 5) is 0.906. The second-order valence-electron chi connectivity index (χ2n) is 4.53. The molecule has 0 radical (unpaired) electrons. The predicted molar refractivity (Wildman–Crippen MR) is 78.4 cm³/mol. The second-order valence-corrected chi connectivity index (χ2v) is 7.33. The number of sulfone groups is 1. The lowest BCUT2D eigenvalue weighted by Gasteiger charge is -2.10. The van der Waals surface area contributed by atoms with Crippen LogP contribution >= 0.6 is 12.2 Å². The van der Waals surface area contributed by atoms with E-state index in [1.54, 1.807) is 19.1 Å². The van der Waals surface area contributed by atoms with Gasteiger partial charge in [0.1, 0.15) is 0 Å². The molecule has 0 saturated carbocycles. The predicted octanol–water partition coefficient (Wildman–Crippen LogP) is 2.34. The van der Waals surface area contributed by atoms with E-state index in [2.05, 4.69) is 6.92 Å². The normalized spacial score (nSPS) is 13.2. The Bertz CT molecular complexity index is 506. The van der Waals surface area contributed by atoms with Crippen LogP contribution in [0.5, 0.6) is 0 Å². The average molecular weight is 285 g/mol. The van der Waals surface area contributed by atoms with E-state index < -0.39 is 9.84 Å². The summed E-state index contributed by atoms with van der Waals surface area (Å²) >= 11 is 4.87. The Hall–Kier alpha value is -0.940. The van der Waals surface area contributed by atoms with Crippen molar-refractivity contribution < 1.29 is 8.42 Å². The first-order valence-corrected chi connectivity index (χ1v) is 8.01. The summed E-state index contributed by atoms with van der Waals surface area (Å²) in [5, 5.41) is 0. The number of rotatable bonds is 6. The molecular weight excluding hydrogens is 266 g/mol. The number of thiocarbonyl (C=S) groups is 1. The molecule has 1 aromatic rings. The van der Waals surface area contributed by atoms with Crippen molar-refractivity contribution in [3.8, 4) is 0 Å². The zero-order chi connectivity index (χ0) is 13.8. The van der Waals surface area contributed by atoms with E-state index in [-0.39, 0.29) is 5.75 Å². The van der Waals surface area contributed by atoms with Crippen molar-refractivity contribution in [3.63, 3.8) is 0 Å². The Morgan fingerprint density at radius 1 is 1.33 bits per heavy atom. The molecule has 0 bridgehead atoms. The van der Waals surface area contributed by atoms with Gasteiger partial charge < -0.3 is 5.73 Å². The fourth-order valence-electron chi connectivity index (χ4n) is 1.82. The summed E-state index contributed by atoms with van der Waals surface area (Å²) in [6.45, 7) is 3.73. The van der Waals surface area contributed by atoms with Crippen LogP contribution < -0.4 is 5.73 Å². The highest BCUT2D eigenvalue weighted by atomic mass is 32.2. The lowest BCUT2D eigenvalue weighted by atomic mass is 9.98. The maximum absolute atomic E-state index is 11.6. The zero-order valence-electron chi connectivity index (χ0n) is 10.7. The van der Waals surface area contributed by atoms with Crippen molar-refractivity contribution in [1.82, 2.24) is 0 Å². The van der Waals surface area contributed by atoms with Crippen molar-refractivity contribution in [3.05, 3.63) is 29.8 Å². The Morgan fingerprint density at radius 3 is 2.33 bits per heavy atom. The van der Waals surface area contributed by atoms with Crippen molar-refractivity contribution in [2.75, 3.05) is 5.75 Å². The standard InChI is InChI=1S/C13H19NO2S2/c1-3-18(15,16)12-6-4-11(5-7-12)8-10(2)9-13(14)17/h4-7,10H,3,8-9H2,1-2H3,(H2,14,17). The van der Waals surface area contributed by atoms with Crippen LogP contribution in [0.25, 0.3) is 0 Å². The van der Waals surface area contributed by atoms with Crippen molar-refractivity contribution in [1.29, 1.82) is 0 Å². The summed E-state index contributed by atoms with van der Waals surface area (Å²) in [5.41, 5.74) is 6.60. The molecule has 1 unspecified atom stereocenters. The van der Waals surface area contributed by atoms with Crippen LogP contribution in [0.15, 0.2) is 29.2 Å². The molecule has 100 valence electrons. The fraction of sp³-hybridized carbons (Fsp3) is 0.462. The van der Waals surface area contributed by atoms with E-state index in [9.17, 15) is 8.42 Å². The summed E-state index contributed by atoms with van der Waals surface area (Å²) in [7, 11) is -3.10.